The molecule has 8 heteroatoms. The van der Waals surface area contributed by atoms with Crippen LogP contribution in [0.3, 0.4) is 0 Å². The second-order valence-corrected chi connectivity index (χ2v) is 7.90. The minimum Gasteiger partial charge on any atom is -0.497 e. The van der Waals surface area contributed by atoms with Crippen LogP contribution in [0.25, 0.3) is 0 Å². The number of ether oxygens (including phenoxy) is 1. The lowest BCUT2D eigenvalue weighted by atomic mass is 10.0. The third kappa shape index (κ3) is 4.91. The minimum atomic E-state index is -0.448. The van der Waals surface area contributed by atoms with Gasteiger partial charge in [-0.1, -0.05) is 29.8 Å². The average Bonchev–Trinajstić information content (AvgIpc) is 3.02. The predicted molar refractivity (Wildman–Crippen MR) is 120 cm³/mol. The van der Waals surface area contributed by atoms with E-state index in [4.69, 9.17) is 4.74 Å². The maximum atomic E-state index is 12.4. The van der Waals surface area contributed by atoms with Crippen LogP contribution in [0, 0.1) is 12.8 Å². The smallest absolute Gasteiger partial charge is 0.232 e. The number of amides is 2. The van der Waals surface area contributed by atoms with Crippen LogP contribution in [0.15, 0.2) is 48.5 Å². The number of hydrogen-bond donors (Lipinski definition) is 1. The average molecular weight is 431 g/mol. The molecule has 8 nitrogen and oxygen atoms in total. The van der Waals surface area contributed by atoms with E-state index in [1.165, 1.54) is 17.5 Å². The first-order valence-electron chi connectivity index (χ1n) is 10.4. The van der Waals surface area contributed by atoms with Gasteiger partial charge < -0.3 is 10.1 Å². The molecule has 2 heterocycles. The molecule has 0 bridgehead atoms. The topological polar surface area (TPSA) is 97.3 Å². The monoisotopic (exact) mass is 431 g/mol. The van der Waals surface area contributed by atoms with E-state index in [9.17, 15) is 9.59 Å². The molecule has 2 aromatic carbocycles. The molecule has 0 aliphatic carbocycles. The number of likely N-dealkylation sites (tertiary alicyclic amines) is 1. The Morgan fingerprint density at radius 3 is 2.31 bits per heavy atom. The quantitative estimate of drug-likeness (QED) is 0.574. The van der Waals surface area contributed by atoms with Crippen LogP contribution < -0.4 is 10.1 Å². The summed E-state index contributed by atoms with van der Waals surface area (Å²) in [5.74, 6) is 1.41. The van der Waals surface area contributed by atoms with Gasteiger partial charge in [0.2, 0.25) is 17.8 Å². The summed E-state index contributed by atoms with van der Waals surface area (Å²) >= 11 is 0. The summed E-state index contributed by atoms with van der Waals surface area (Å²) in [6.45, 7) is 2.04. The van der Waals surface area contributed by atoms with Crippen molar-refractivity contribution in [3.8, 4) is 5.75 Å². The second-order valence-electron chi connectivity index (χ2n) is 7.90. The van der Waals surface area contributed by atoms with E-state index >= 15 is 0 Å². The molecule has 4 rings (SSSR count). The maximum absolute atomic E-state index is 12.4. The van der Waals surface area contributed by atoms with Gasteiger partial charge in [-0.2, -0.15) is 9.97 Å². The number of hydrogen-bond acceptors (Lipinski definition) is 7. The number of aromatic nitrogens is 3. The summed E-state index contributed by atoms with van der Waals surface area (Å²) in [5, 5.41) is 3.20. The second kappa shape index (κ2) is 9.13. The molecule has 1 unspecified atom stereocenters. The highest BCUT2D eigenvalue weighted by Crippen LogP contribution is 2.23. The van der Waals surface area contributed by atoms with Crippen molar-refractivity contribution in [2.24, 2.45) is 5.92 Å². The summed E-state index contributed by atoms with van der Waals surface area (Å²) in [5.41, 5.74) is 3.06. The Labute approximate surface area is 186 Å². The van der Waals surface area contributed by atoms with E-state index in [0.29, 0.717) is 24.0 Å². The van der Waals surface area contributed by atoms with Gasteiger partial charge in [-0.15, -0.1) is 0 Å². The Kier molecular flexibility index (Phi) is 6.11. The minimum absolute atomic E-state index is 0.175. The number of nitrogens with zero attached hydrogens (tertiary/aromatic N) is 4. The molecule has 0 radical (unpaired) electrons. The molecule has 2 amide bonds. The summed E-state index contributed by atoms with van der Waals surface area (Å²) in [7, 11) is 3.13. The number of anilines is 2. The van der Waals surface area contributed by atoms with Crippen molar-refractivity contribution in [1.29, 1.82) is 0 Å². The van der Waals surface area contributed by atoms with Crippen LogP contribution in [-0.4, -0.2) is 45.8 Å². The molecule has 1 N–H and O–H groups in total. The highest BCUT2D eigenvalue weighted by Gasteiger charge is 2.36. The molecule has 1 aliphatic rings. The van der Waals surface area contributed by atoms with E-state index in [2.05, 4.69) is 20.3 Å². The summed E-state index contributed by atoms with van der Waals surface area (Å²) in [6, 6.07) is 15.6. The van der Waals surface area contributed by atoms with Crippen LogP contribution in [0.1, 0.15) is 29.2 Å². The third-order valence-corrected chi connectivity index (χ3v) is 5.46. The largest absolute Gasteiger partial charge is 0.497 e. The number of imide groups is 1. The fraction of sp³-hybridized carbons (Fsp3) is 0.292. The van der Waals surface area contributed by atoms with Crippen LogP contribution in [-0.2, 0) is 22.4 Å². The summed E-state index contributed by atoms with van der Waals surface area (Å²) in [6.07, 6.45) is 0.996. The van der Waals surface area contributed by atoms with Crippen LogP contribution in [0.2, 0.25) is 0 Å². The van der Waals surface area contributed by atoms with Crippen molar-refractivity contribution in [1.82, 2.24) is 19.9 Å². The van der Waals surface area contributed by atoms with Gasteiger partial charge in [0.15, 0.2) is 0 Å². The standard InChI is InChI=1S/C24H25N5O3/c1-15-4-6-16(7-5-15)12-20-26-21(13-17-14-22(30)29(2)23(17)31)28-24(27-20)25-18-8-10-19(32-3)11-9-18/h4-11,17H,12-14H2,1-3H3,(H,25,26,27,28). The molecular formula is C24H25N5O3. The first kappa shape index (κ1) is 21.4. The van der Waals surface area contributed by atoms with Gasteiger partial charge in [0.05, 0.1) is 13.0 Å². The molecule has 3 aromatic rings. The van der Waals surface area contributed by atoms with Gasteiger partial charge in [0.25, 0.3) is 0 Å². The van der Waals surface area contributed by atoms with Crippen molar-refractivity contribution < 1.29 is 14.3 Å². The van der Waals surface area contributed by atoms with Gasteiger partial charge >= 0.3 is 0 Å². The van der Waals surface area contributed by atoms with Gasteiger partial charge in [-0.05, 0) is 36.8 Å². The van der Waals surface area contributed by atoms with Crippen LogP contribution in [0.4, 0.5) is 11.6 Å². The van der Waals surface area contributed by atoms with Gasteiger partial charge in [0.1, 0.15) is 17.4 Å². The highest BCUT2D eigenvalue weighted by atomic mass is 16.5. The van der Waals surface area contributed by atoms with E-state index in [1.54, 1.807) is 7.11 Å². The van der Waals surface area contributed by atoms with Crippen molar-refractivity contribution in [3.63, 3.8) is 0 Å². The normalized spacial score (nSPS) is 15.8. The molecule has 0 saturated carbocycles. The lowest BCUT2D eigenvalue weighted by Crippen LogP contribution is -2.26. The van der Waals surface area contributed by atoms with Gasteiger partial charge in [-0.3, -0.25) is 14.5 Å². The zero-order valence-electron chi connectivity index (χ0n) is 18.3. The molecular weight excluding hydrogens is 406 g/mol. The fourth-order valence-corrected chi connectivity index (χ4v) is 3.60. The number of benzene rings is 2. The lowest BCUT2D eigenvalue weighted by Gasteiger charge is -2.12. The zero-order valence-corrected chi connectivity index (χ0v) is 18.3. The number of carbonyl (C=O) groups excluding carboxylic acids is 2. The lowest BCUT2D eigenvalue weighted by molar-refractivity contribution is -0.137. The number of carbonyl (C=O) groups is 2. The summed E-state index contributed by atoms with van der Waals surface area (Å²) < 4.78 is 5.20. The molecule has 1 atom stereocenters. The molecule has 1 aliphatic heterocycles. The highest BCUT2D eigenvalue weighted by molar-refractivity contribution is 6.03. The van der Waals surface area contributed by atoms with E-state index in [-0.39, 0.29) is 24.7 Å². The van der Waals surface area contributed by atoms with Crippen LogP contribution >= 0.6 is 0 Å². The molecule has 0 spiro atoms. The Morgan fingerprint density at radius 2 is 1.69 bits per heavy atom. The van der Waals surface area contributed by atoms with Crippen molar-refractivity contribution in [2.75, 3.05) is 19.5 Å². The number of rotatable bonds is 7. The predicted octanol–water partition coefficient (Wildman–Crippen LogP) is 3.07. The SMILES string of the molecule is COc1ccc(Nc2nc(Cc3ccc(C)cc3)nc(CC3CC(=O)N(C)C3=O)n2)cc1. The Hall–Kier alpha value is -3.81. The van der Waals surface area contributed by atoms with Crippen molar-refractivity contribution in [2.45, 2.75) is 26.2 Å². The Balaban J connectivity index is 1.61. The molecule has 1 aromatic heterocycles. The fourth-order valence-electron chi connectivity index (χ4n) is 3.60. The Morgan fingerprint density at radius 1 is 1.00 bits per heavy atom. The molecule has 164 valence electrons. The summed E-state index contributed by atoms with van der Waals surface area (Å²) in [4.78, 5) is 39.2. The van der Waals surface area contributed by atoms with E-state index in [0.717, 1.165) is 17.0 Å². The van der Waals surface area contributed by atoms with E-state index < -0.39 is 5.92 Å². The first-order valence-corrected chi connectivity index (χ1v) is 10.4. The molecule has 1 fully saturated rings. The van der Waals surface area contributed by atoms with Crippen molar-refractivity contribution >= 4 is 23.5 Å². The third-order valence-electron chi connectivity index (χ3n) is 5.46. The van der Waals surface area contributed by atoms with Gasteiger partial charge in [0, 0.05) is 32.0 Å². The number of nitrogens with one attached hydrogen (secondary N) is 1. The number of methoxy groups -OCH3 is 1. The van der Waals surface area contributed by atoms with E-state index in [1.807, 2.05) is 55.5 Å². The zero-order chi connectivity index (χ0) is 22.7. The van der Waals surface area contributed by atoms with Crippen LogP contribution in [0.5, 0.6) is 5.75 Å². The van der Waals surface area contributed by atoms with Gasteiger partial charge in [-0.25, -0.2) is 4.98 Å². The maximum Gasteiger partial charge on any atom is 0.232 e. The van der Waals surface area contributed by atoms with Crippen molar-refractivity contribution in [3.05, 3.63) is 71.3 Å². The Bertz CT molecular complexity index is 1130. The number of aryl methyl sites for hydroxylation is 1. The first-order chi connectivity index (χ1) is 15.4. The molecule has 32 heavy (non-hydrogen) atoms. The molecule has 1 saturated heterocycles.